The third-order valence-corrected chi connectivity index (χ3v) is 2.34. The van der Waals surface area contributed by atoms with E-state index in [9.17, 15) is 5.11 Å². The molecular weight excluding hydrogens is 160 g/mol. The van der Waals surface area contributed by atoms with E-state index in [1.807, 2.05) is 6.07 Å². The predicted molar refractivity (Wildman–Crippen MR) is 56.3 cm³/mol. The molecule has 0 spiro atoms. The van der Waals surface area contributed by atoms with Crippen LogP contribution in [0.1, 0.15) is 50.7 Å². The van der Waals surface area contributed by atoms with Crippen LogP contribution in [0.2, 0.25) is 0 Å². The van der Waals surface area contributed by atoms with Crippen LogP contribution in [0.25, 0.3) is 0 Å². The van der Waals surface area contributed by atoms with E-state index >= 15 is 0 Å². The summed E-state index contributed by atoms with van der Waals surface area (Å²) in [6.45, 7) is 8.52. The van der Waals surface area contributed by atoms with E-state index in [0.29, 0.717) is 17.6 Å². The molecule has 0 saturated carbocycles. The lowest BCUT2D eigenvalue weighted by Crippen LogP contribution is -1.93. The van der Waals surface area contributed by atoms with Crippen molar-refractivity contribution in [3.05, 3.63) is 29.3 Å². The highest BCUT2D eigenvalue weighted by Gasteiger charge is 2.08. The maximum atomic E-state index is 9.59. The average Bonchev–Trinajstić information content (AvgIpc) is 2.04. The van der Waals surface area contributed by atoms with Gasteiger partial charge in [-0.1, -0.05) is 39.8 Å². The van der Waals surface area contributed by atoms with Crippen molar-refractivity contribution in [2.75, 3.05) is 0 Å². The summed E-state index contributed by atoms with van der Waals surface area (Å²) in [7, 11) is 0. The number of aromatic hydroxyl groups is 1. The second kappa shape index (κ2) is 3.82. The minimum Gasteiger partial charge on any atom is -0.508 e. The first-order chi connectivity index (χ1) is 6.02. The summed E-state index contributed by atoms with van der Waals surface area (Å²) < 4.78 is 0. The van der Waals surface area contributed by atoms with Crippen molar-refractivity contribution >= 4 is 0 Å². The van der Waals surface area contributed by atoms with Crippen molar-refractivity contribution in [3.8, 4) is 5.75 Å². The van der Waals surface area contributed by atoms with Crippen molar-refractivity contribution in [1.82, 2.24) is 0 Å². The molecule has 0 bridgehead atoms. The fourth-order valence-electron chi connectivity index (χ4n) is 1.39. The molecule has 0 aliphatic carbocycles. The third kappa shape index (κ3) is 2.24. The second-order valence-corrected chi connectivity index (χ2v) is 4.13. The van der Waals surface area contributed by atoms with Gasteiger partial charge in [0.05, 0.1) is 0 Å². The van der Waals surface area contributed by atoms with Crippen LogP contribution in [0.5, 0.6) is 5.75 Å². The van der Waals surface area contributed by atoms with E-state index in [0.717, 1.165) is 5.56 Å². The van der Waals surface area contributed by atoms with Gasteiger partial charge in [0.2, 0.25) is 0 Å². The quantitative estimate of drug-likeness (QED) is 0.733. The van der Waals surface area contributed by atoms with Gasteiger partial charge in [-0.3, -0.25) is 0 Å². The summed E-state index contributed by atoms with van der Waals surface area (Å²) in [5, 5.41) is 9.59. The van der Waals surface area contributed by atoms with Crippen LogP contribution in [-0.2, 0) is 0 Å². The Balaban J connectivity index is 3.11. The number of phenols is 1. The summed E-state index contributed by atoms with van der Waals surface area (Å²) in [5.41, 5.74) is 2.34. The lowest BCUT2D eigenvalue weighted by molar-refractivity contribution is 0.464. The van der Waals surface area contributed by atoms with E-state index < -0.39 is 0 Å². The SMILES string of the molecule is CC(C)c1ccc(O)c(C(C)C)c1. The first-order valence-corrected chi connectivity index (χ1v) is 4.85. The van der Waals surface area contributed by atoms with Gasteiger partial charge in [0.15, 0.2) is 0 Å². The molecule has 0 fully saturated rings. The minimum absolute atomic E-state index is 0.388. The highest BCUT2D eigenvalue weighted by Crippen LogP contribution is 2.28. The molecule has 1 aromatic carbocycles. The first-order valence-electron chi connectivity index (χ1n) is 4.85. The standard InChI is InChI=1S/C12H18O/c1-8(2)10-5-6-12(13)11(7-10)9(3)4/h5-9,13H,1-4H3. The van der Waals surface area contributed by atoms with Gasteiger partial charge in [0, 0.05) is 0 Å². The van der Waals surface area contributed by atoms with Gasteiger partial charge in [-0.25, -0.2) is 0 Å². The molecule has 13 heavy (non-hydrogen) atoms. The maximum Gasteiger partial charge on any atom is 0.119 e. The Hall–Kier alpha value is -0.980. The molecule has 0 amide bonds. The van der Waals surface area contributed by atoms with Gasteiger partial charge >= 0.3 is 0 Å². The van der Waals surface area contributed by atoms with E-state index in [-0.39, 0.29) is 0 Å². The number of phenolic OH excluding ortho intramolecular Hbond substituents is 1. The van der Waals surface area contributed by atoms with Gasteiger partial charge in [-0.2, -0.15) is 0 Å². The number of hydrogen-bond acceptors (Lipinski definition) is 1. The van der Waals surface area contributed by atoms with Crippen LogP contribution in [0.15, 0.2) is 18.2 Å². The molecule has 0 heterocycles. The van der Waals surface area contributed by atoms with Crippen LogP contribution in [0.4, 0.5) is 0 Å². The Kier molecular flexibility index (Phi) is 2.97. The lowest BCUT2D eigenvalue weighted by atomic mass is 9.95. The monoisotopic (exact) mass is 178 g/mol. The van der Waals surface area contributed by atoms with E-state index in [4.69, 9.17) is 0 Å². The number of benzene rings is 1. The molecule has 0 aromatic heterocycles. The van der Waals surface area contributed by atoms with E-state index in [1.54, 1.807) is 6.07 Å². The molecule has 1 rings (SSSR count). The number of hydrogen-bond donors (Lipinski definition) is 1. The molecule has 1 nitrogen and oxygen atoms in total. The predicted octanol–water partition coefficient (Wildman–Crippen LogP) is 3.64. The van der Waals surface area contributed by atoms with Crippen LogP contribution in [0.3, 0.4) is 0 Å². The zero-order chi connectivity index (χ0) is 10.0. The summed E-state index contributed by atoms with van der Waals surface area (Å²) >= 11 is 0. The van der Waals surface area contributed by atoms with E-state index in [1.165, 1.54) is 5.56 Å². The van der Waals surface area contributed by atoms with Gasteiger partial charge < -0.3 is 5.11 Å². The fraction of sp³-hybridized carbons (Fsp3) is 0.500. The molecule has 72 valence electrons. The molecular formula is C12H18O. The Labute approximate surface area is 80.4 Å². The molecule has 0 radical (unpaired) electrons. The molecule has 0 unspecified atom stereocenters. The fourth-order valence-corrected chi connectivity index (χ4v) is 1.39. The van der Waals surface area contributed by atoms with Gasteiger partial charge in [-0.15, -0.1) is 0 Å². The molecule has 0 aliphatic heterocycles. The average molecular weight is 178 g/mol. The Morgan fingerprint density at radius 1 is 1.00 bits per heavy atom. The van der Waals surface area contributed by atoms with E-state index in [2.05, 4.69) is 33.8 Å². The van der Waals surface area contributed by atoms with Crippen molar-refractivity contribution in [2.45, 2.75) is 39.5 Å². The van der Waals surface area contributed by atoms with Crippen LogP contribution in [-0.4, -0.2) is 5.11 Å². The van der Waals surface area contributed by atoms with Crippen LogP contribution >= 0.6 is 0 Å². The first kappa shape index (κ1) is 10.1. The largest absolute Gasteiger partial charge is 0.508 e. The summed E-state index contributed by atoms with van der Waals surface area (Å²) in [5.74, 6) is 1.33. The van der Waals surface area contributed by atoms with Gasteiger partial charge in [0.25, 0.3) is 0 Å². The Morgan fingerprint density at radius 3 is 2.08 bits per heavy atom. The maximum absolute atomic E-state index is 9.59. The van der Waals surface area contributed by atoms with Gasteiger partial charge in [-0.05, 0) is 29.0 Å². The molecule has 1 N–H and O–H groups in total. The van der Waals surface area contributed by atoms with Crippen molar-refractivity contribution in [1.29, 1.82) is 0 Å². The Morgan fingerprint density at radius 2 is 1.62 bits per heavy atom. The third-order valence-electron chi connectivity index (χ3n) is 2.34. The topological polar surface area (TPSA) is 20.2 Å². The van der Waals surface area contributed by atoms with Crippen molar-refractivity contribution < 1.29 is 5.11 Å². The zero-order valence-electron chi connectivity index (χ0n) is 8.83. The summed E-state index contributed by atoms with van der Waals surface area (Å²) in [6, 6.07) is 5.89. The Bertz CT molecular complexity index is 287. The van der Waals surface area contributed by atoms with Crippen LogP contribution < -0.4 is 0 Å². The zero-order valence-corrected chi connectivity index (χ0v) is 8.83. The minimum atomic E-state index is 0.388. The summed E-state index contributed by atoms with van der Waals surface area (Å²) in [4.78, 5) is 0. The highest BCUT2D eigenvalue weighted by atomic mass is 16.3. The van der Waals surface area contributed by atoms with Gasteiger partial charge in [0.1, 0.15) is 5.75 Å². The molecule has 0 atom stereocenters. The van der Waals surface area contributed by atoms with Crippen molar-refractivity contribution in [2.24, 2.45) is 0 Å². The lowest BCUT2D eigenvalue weighted by Gasteiger charge is -2.12. The van der Waals surface area contributed by atoms with Crippen molar-refractivity contribution in [3.63, 3.8) is 0 Å². The normalized spacial score (nSPS) is 11.2. The number of rotatable bonds is 2. The van der Waals surface area contributed by atoms with Crippen LogP contribution in [0, 0.1) is 0 Å². The molecule has 1 aromatic rings. The molecule has 0 aliphatic rings. The second-order valence-electron chi connectivity index (χ2n) is 4.13. The molecule has 0 saturated heterocycles. The highest BCUT2D eigenvalue weighted by molar-refractivity contribution is 5.39. The molecule has 1 heteroatoms. The smallest absolute Gasteiger partial charge is 0.119 e. The summed E-state index contributed by atoms with van der Waals surface area (Å²) in [6.07, 6.45) is 0.